The fraction of sp³-hybridized carbons (Fsp3) is 0.625. The Labute approximate surface area is 139 Å². The number of fused-ring (bicyclic) bond motifs is 1. The molecule has 1 aliphatic carbocycles. The fourth-order valence-electron chi connectivity index (χ4n) is 3.13. The molecule has 0 bridgehead atoms. The lowest BCUT2D eigenvalue weighted by Gasteiger charge is -2.28. The first-order chi connectivity index (χ1) is 11.1. The van der Waals surface area contributed by atoms with Gasteiger partial charge in [0.1, 0.15) is 5.00 Å². The van der Waals surface area contributed by atoms with Crippen LogP contribution in [-0.2, 0) is 22.3 Å². The summed E-state index contributed by atoms with van der Waals surface area (Å²) in [7, 11) is 1.33. The van der Waals surface area contributed by atoms with Gasteiger partial charge in [0, 0.05) is 18.0 Å². The Bertz CT molecular complexity index is 607. The van der Waals surface area contributed by atoms with Crippen molar-refractivity contribution in [3.05, 3.63) is 16.0 Å². The zero-order chi connectivity index (χ0) is 16.4. The van der Waals surface area contributed by atoms with Crippen LogP contribution in [0.4, 0.5) is 9.80 Å². The van der Waals surface area contributed by atoms with Crippen LogP contribution in [0, 0.1) is 5.92 Å². The van der Waals surface area contributed by atoms with Gasteiger partial charge in [-0.25, -0.2) is 4.79 Å². The Morgan fingerprint density at radius 1 is 1.35 bits per heavy atom. The van der Waals surface area contributed by atoms with Gasteiger partial charge < -0.3 is 14.4 Å². The Kier molecular flexibility index (Phi) is 4.87. The standard InChI is InChI=1S/C16H22N2O4S/c1-10-3-4-11-12(9-10)23-14(17-16(20)21-2)13(11)15(19)18-5-7-22-8-6-18/h10H,3-9H2,1-2H3,(H,17,20)/t10-/m1/s1. The van der Waals surface area contributed by atoms with E-state index in [-0.39, 0.29) is 5.91 Å². The van der Waals surface area contributed by atoms with Gasteiger partial charge in [0.2, 0.25) is 0 Å². The van der Waals surface area contributed by atoms with E-state index in [1.165, 1.54) is 23.3 Å². The second-order valence-electron chi connectivity index (χ2n) is 6.08. The Morgan fingerprint density at radius 2 is 2.09 bits per heavy atom. The molecular weight excluding hydrogens is 316 g/mol. The van der Waals surface area contributed by atoms with E-state index in [0.29, 0.717) is 42.8 Å². The number of methoxy groups -OCH3 is 1. The van der Waals surface area contributed by atoms with E-state index < -0.39 is 6.09 Å². The molecule has 2 heterocycles. The minimum Gasteiger partial charge on any atom is -0.453 e. The topological polar surface area (TPSA) is 67.9 Å². The van der Waals surface area contributed by atoms with Crippen molar-refractivity contribution < 1.29 is 19.1 Å². The van der Waals surface area contributed by atoms with Crippen LogP contribution in [0.2, 0.25) is 0 Å². The molecule has 2 aliphatic rings. The van der Waals surface area contributed by atoms with Crippen molar-refractivity contribution in [2.24, 2.45) is 5.92 Å². The Hall–Kier alpha value is -1.60. The first-order valence-electron chi connectivity index (χ1n) is 7.96. The number of carbonyl (C=O) groups is 2. The van der Waals surface area contributed by atoms with E-state index in [4.69, 9.17) is 9.47 Å². The number of morpholine rings is 1. The molecule has 0 saturated carbocycles. The van der Waals surface area contributed by atoms with Gasteiger partial charge in [-0.05, 0) is 30.7 Å². The highest BCUT2D eigenvalue weighted by Crippen LogP contribution is 2.40. The predicted molar refractivity (Wildman–Crippen MR) is 88.3 cm³/mol. The van der Waals surface area contributed by atoms with E-state index in [0.717, 1.165) is 24.8 Å². The maximum atomic E-state index is 13.0. The molecule has 1 saturated heterocycles. The number of thiophene rings is 1. The van der Waals surface area contributed by atoms with Crippen molar-refractivity contribution in [2.75, 3.05) is 38.7 Å². The van der Waals surface area contributed by atoms with Crippen LogP contribution < -0.4 is 5.32 Å². The molecule has 126 valence electrons. The summed E-state index contributed by atoms with van der Waals surface area (Å²) < 4.78 is 10.0. The van der Waals surface area contributed by atoms with Crippen LogP contribution in [0.1, 0.15) is 34.1 Å². The van der Waals surface area contributed by atoms with Gasteiger partial charge >= 0.3 is 6.09 Å². The number of rotatable bonds is 2. The van der Waals surface area contributed by atoms with Crippen LogP contribution in [-0.4, -0.2) is 50.3 Å². The van der Waals surface area contributed by atoms with Crippen molar-refractivity contribution in [1.29, 1.82) is 0 Å². The van der Waals surface area contributed by atoms with E-state index in [1.54, 1.807) is 0 Å². The second-order valence-corrected chi connectivity index (χ2v) is 7.18. The third-order valence-corrected chi connectivity index (χ3v) is 5.59. The summed E-state index contributed by atoms with van der Waals surface area (Å²) in [4.78, 5) is 27.7. The van der Waals surface area contributed by atoms with E-state index in [1.807, 2.05) is 4.90 Å². The lowest BCUT2D eigenvalue weighted by Crippen LogP contribution is -2.41. The summed E-state index contributed by atoms with van der Waals surface area (Å²) in [6, 6.07) is 0. The number of hydrogen-bond acceptors (Lipinski definition) is 5. The number of ether oxygens (including phenoxy) is 2. The van der Waals surface area contributed by atoms with Crippen LogP contribution in [0.3, 0.4) is 0 Å². The molecule has 0 radical (unpaired) electrons. The summed E-state index contributed by atoms with van der Waals surface area (Å²) in [5.74, 6) is 0.602. The molecule has 23 heavy (non-hydrogen) atoms. The monoisotopic (exact) mass is 338 g/mol. The van der Waals surface area contributed by atoms with Gasteiger partial charge in [-0.3, -0.25) is 10.1 Å². The lowest BCUT2D eigenvalue weighted by atomic mass is 9.88. The zero-order valence-electron chi connectivity index (χ0n) is 13.5. The van der Waals surface area contributed by atoms with E-state index in [9.17, 15) is 9.59 Å². The number of anilines is 1. The number of nitrogens with zero attached hydrogens (tertiary/aromatic N) is 1. The molecule has 1 fully saturated rings. The van der Waals surface area contributed by atoms with Gasteiger partial charge in [0.05, 0.1) is 25.9 Å². The maximum Gasteiger partial charge on any atom is 0.411 e. The number of nitrogens with one attached hydrogen (secondary N) is 1. The fourth-order valence-corrected chi connectivity index (χ4v) is 4.52. The number of hydrogen-bond donors (Lipinski definition) is 1. The molecule has 1 atom stereocenters. The third-order valence-electron chi connectivity index (χ3n) is 4.42. The van der Waals surface area contributed by atoms with Gasteiger partial charge in [0.25, 0.3) is 5.91 Å². The highest BCUT2D eigenvalue weighted by Gasteiger charge is 2.31. The molecule has 3 rings (SSSR count). The average molecular weight is 338 g/mol. The molecule has 2 amide bonds. The van der Waals surface area contributed by atoms with Gasteiger partial charge in [-0.15, -0.1) is 11.3 Å². The van der Waals surface area contributed by atoms with Crippen LogP contribution in [0.25, 0.3) is 0 Å². The molecule has 0 aromatic carbocycles. The second kappa shape index (κ2) is 6.88. The first-order valence-corrected chi connectivity index (χ1v) is 8.78. The predicted octanol–water partition coefficient (Wildman–Crippen LogP) is 2.52. The number of carbonyl (C=O) groups excluding carboxylic acids is 2. The Balaban J connectivity index is 1.95. The highest BCUT2D eigenvalue weighted by atomic mass is 32.1. The molecule has 1 N–H and O–H groups in total. The third kappa shape index (κ3) is 3.35. The molecule has 0 spiro atoms. The van der Waals surface area contributed by atoms with Crippen molar-refractivity contribution in [3.8, 4) is 0 Å². The van der Waals surface area contributed by atoms with E-state index in [2.05, 4.69) is 12.2 Å². The highest BCUT2D eigenvalue weighted by molar-refractivity contribution is 7.17. The van der Waals surface area contributed by atoms with Crippen molar-refractivity contribution in [1.82, 2.24) is 4.90 Å². The number of amides is 2. The normalized spacial score (nSPS) is 20.8. The van der Waals surface area contributed by atoms with Gasteiger partial charge in [-0.2, -0.15) is 0 Å². The maximum absolute atomic E-state index is 13.0. The largest absolute Gasteiger partial charge is 0.453 e. The summed E-state index contributed by atoms with van der Waals surface area (Å²) in [5.41, 5.74) is 1.76. The molecule has 1 aliphatic heterocycles. The minimum atomic E-state index is -0.535. The molecule has 7 heteroatoms. The average Bonchev–Trinajstić information content (AvgIpc) is 2.91. The van der Waals surface area contributed by atoms with Crippen molar-refractivity contribution >= 4 is 28.3 Å². The van der Waals surface area contributed by atoms with Crippen molar-refractivity contribution in [2.45, 2.75) is 26.2 Å². The minimum absolute atomic E-state index is 0.00763. The zero-order valence-corrected chi connectivity index (χ0v) is 14.3. The molecule has 1 aromatic rings. The summed E-state index contributed by atoms with van der Waals surface area (Å²) in [6.45, 7) is 4.54. The quantitative estimate of drug-likeness (QED) is 0.900. The summed E-state index contributed by atoms with van der Waals surface area (Å²) in [5, 5.41) is 3.35. The van der Waals surface area contributed by atoms with Gasteiger partial charge in [-0.1, -0.05) is 6.92 Å². The molecule has 1 aromatic heterocycles. The molecule has 0 unspecified atom stereocenters. The lowest BCUT2D eigenvalue weighted by molar-refractivity contribution is 0.0303. The van der Waals surface area contributed by atoms with Gasteiger partial charge in [0.15, 0.2) is 0 Å². The molecule has 6 nitrogen and oxygen atoms in total. The molecular formula is C16H22N2O4S. The smallest absolute Gasteiger partial charge is 0.411 e. The Morgan fingerprint density at radius 3 is 2.78 bits per heavy atom. The summed E-state index contributed by atoms with van der Waals surface area (Å²) in [6.07, 6.45) is 2.39. The summed E-state index contributed by atoms with van der Waals surface area (Å²) >= 11 is 1.51. The van der Waals surface area contributed by atoms with Crippen LogP contribution >= 0.6 is 11.3 Å². The SMILES string of the molecule is COC(=O)Nc1sc2c(c1C(=O)N1CCOCC1)CC[C@@H](C)C2. The first kappa shape index (κ1) is 16.3. The van der Waals surface area contributed by atoms with Crippen LogP contribution in [0.5, 0.6) is 0 Å². The van der Waals surface area contributed by atoms with Crippen molar-refractivity contribution in [3.63, 3.8) is 0 Å². The van der Waals surface area contributed by atoms with E-state index >= 15 is 0 Å². The van der Waals surface area contributed by atoms with Crippen LogP contribution in [0.15, 0.2) is 0 Å².